The van der Waals surface area contributed by atoms with Gasteiger partial charge in [-0.25, -0.2) is 0 Å². The first kappa shape index (κ1) is 13.2. The van der Waals surface area contributed by atoms with Gasteiger partial charge in [0.1, 0.15) is 5.69 Å². The Morgan fingerprint density at radius 1 is 1.53 bits per heavy atom. The maximum atomic E-state index is 12.6. The Bertz CT molecular complexity index is 590. The first-order chi connectivity index (χ1) is 8.99. The fourth-order valence-electron chi connectivity index (χ4n) is 1.74. The molecule has 2 aromatic rings. The molecule has 0 bridgehead atoms. The molecule has 6 nitrogen and oxygen atoms in total. The molecule has 0 atom stereocenters. The Kier molecular flexibility index (Phi) is 3.59. The van der Waals surface area contributed by atoms with Crippen LogP contribution in [0.1, 0.15) is 28.3 Å². The second kappa shape index (κ2) is 5.17. The molecule has 1 N–H and O–H groups in total. The Hall–Kier alpha value is -2.25. The van der Waals surface area contributed by atoms with Crippen molar-refractivity contribution in [3.63, 3.8) is 0 Å². The van der Waals surface area contributed by atoms with Gasteiger partial charge in [0.05, 0.1) is 5.69 Å². The lowest BCUT2D eigenvalue weighted by atomic mass is 10.2. The Morgan fingerprint density at radius 3 is 2.84 bits per heavy atom. The average molecular weight is 269 g/mol. The van der Waals surface area contributed by atoms with Crippen molar-refractivity contribution in [2.24, 2.45) is 7.05 Å². The van der Waals surface area contributed by atoms with Gasteiger partial charge in [-0.1, -0.05) is 0 Å². The Morgan fingerprint density at radius 2 is 2.26 bits per heavy atom. The summed E-state index contributed by atoms with van der Waals surface area (Å²) in [5, 5.41) is 10.1. The number of nitrogens with one attached hydrogen (secondary N) is 1. The molecule has 102 valence electrons. The standard InChI is InChI=1S/C11H13F2N5O/c1-7-8(6-17(2)16-7)5-14-10(19)9-3-4-15-18(9)11(12)13/h3-4,6,11H,5H2,1-2H3,(H,14,19). The van der Waals surface area contributed by atoms with Gasteiger partial charge in [-0.05, 0) is 13.0 Å². The van der Waals surface area contributed by atoms with Gasteiger partial charge in [-0.15, -0.1) is 0 Å². The van der Waals surface area contributed by atoms with E-state index in [1.54, 1.807) is 17.9 Å². The van der Waals surface area contributed by atoms with Crippen LogP contribution in [0, 0.1) is 6.92 Å². The monoisotopic (exact) mass is 269 g/mol. The van der Waals surface area contributed by atoms with Crippen molar-refractivity contribution in [1.82, 2.24) is 24.9 Å². The Balaban J connectivity index is 2.05. The van der Waals surface area contributed by atoms with E-state index in [2.05, 4.69) is 15.5 Å². The lowest BCUT2D eigenvalue weighted by molar-refractivity contribution is 0.0509. The smallest absolute Gasteiger partial charge is 0.333 e. The van der Waals surface area contributed by atoms with Gasteiger partial charge in [-0.3, -0.25) is 9.48 Å². The van der Waals surface area contributed by atoms with Crippen molar-refractivity contribution in [3.05, 3.63) is 35.4 Å². The Labute approximate surface area is 108 Å². The largest absolute Gasteiger partial charge is 0.347 e. The van der Waals surface area contributed by atoms with Crippen LogP contribution in [0.3, 0.4) is 0 Å². The van der Waals surface area contributed by atoms with E-state index < -0.39 is 12.5 Å². The third-order valence-electron chi connectivity index (χ3n) is 2.64. The predicted molar refractivity (Wildman–Crippen MR) is 62.6 cm³/mol. The highest BCUT2D eigenvalue weighted by Gasteiger charge is 2.17. The number of hydrogen-bond donors (Lipinski definition) is 1. The number of aryl methyl sites for hydroxylation is 2. The number of carbonyl (C=O) groups excluding carboxylic acids is 1. The normalized spacial score (nSPS) is 11.0. The molecule has 2 heterocycles. The molecule has 0 aliphatic carbocycles. The van der Waals surface area contributed by atoms with Gasteiger partial charge >= 0.3 is 6.55 Å². The van der Waals surface area contributed by atoms with Crippen LogP contribution in [0.5, 0.6) is 0 Å². The molecule has 0 saturated carbocycles. The van der Waals surface area contributed by atoms with Crippen molar-refractivity contribution in [1.29, 1.82) is 0 Å². The fourth-order valence-corrected chi connectivity index (χ4v) is 1.74. The molecule has 0 radical (unpaired) electrons. The molecular formula is C11H13F2N5O. The van der Waals surface area contributed by atoms with Gasteiger partial charge in [0.15, 0.2) is 0 Å². The molecule has 0 aliphatic heterocycles. The minimum absolute atomic E-state index is 0.170. The molecule has 19 heavy (non-hydrogen) atoms. The van der Waals surface area contributed by atoms with E-state index in [1.807, 2.05) is 6.92 Å². The summed E-state index contributed by atoms with van der Waals surface area (Å²) in [5.41, 5.74) is 1.45. The first-order valence-electron chi connectivity index (χ1n) is 5.58. The third-order valence-corrected chi connectivity index (χ3v) is 2.64. The fraction of sp³-hybridized carbons (Fsp3) is 0.364. The van der Waals surface area contributed by atoms with Crippen LogP contribution in [0.2, 0.25) is 0 Å². The molecule has 0 spiro atoms. The van der Waals surface area contributed by atoms with Gasteiger partial charge in [0.2, 0.25) is 0 Å². The molecule has 0 unspecified atom stereocenters. The summed E-state index contributed by atoms with van der Waals surface area (Å²) in [4.78, 5) is 11.8. The first-order valence-corrected chi connectivity index (χ1v) is 5.58. The van der Waals surface area contributed by atoms with Crippen LogP contribution in [-0.4, -0.2) is 25.5 Å². The minimum atomic E-state index is -2.84. The quantitative estimate of drug-likeness (QED) is 0.908. The number of aromatic nitrogens is 4. The van der Waals surface area contributed by atoms with E-state index >= 15 is 0 Å². The summed E-state index contributed by atoms with van der Waals surface area (Å²) >= 11 is 0. The summed E-state index contributed by atoms with van der Waals surface area (Å²) in [6.45, 7) is -0.798. The van der Waals surface area contributed by atoms with Crippen LogP contribution < -0.4 is 5.32 Å². The van der Waals surface area contributed by atoms with Crippen molar-refractivity contribution < 1.29 is 13.6 Å². The SMILES string of the molecule is Cc1nn(C)cc1CNC(=O)c1ccnn1C(F)F. The molecular weight excluding hydrogens is 256 g/mol. The van der Waals surface area contributed by atoms with E-state index in [-0.39, 0.29) is 12.2 Å². The van der Waals surface area contributed by atoms with E-state index in [9.17, 15) is 13.6 Å². The van der Waals surface area contributed by atoms with E-state index in [0.29, 0.717) is 4.68 Å². The summed E-state index contributed by atoms with van der Waals surface area (Å²) in [5.74, 6) is -0.596. The maximum absolute atomic E-state index is 12.6. The topological polar surface area (TPSA) is 64.7 Å². The van der Waals surface area contributed by atoms with Gasteiger partial charge in [-0.2, -0.15) is 23.7 Å². The summed E-state index contributed by atoms with van der Waals surface area (Å²) in [6, 6.07) is 1.25. The van der Waals surface area contributed by atoms with Crippen molar-refractivity contribution in [2.45, 2.75) is 20.0 Å². The van der Waals surface area contributed by atoms with Crippen LogP contribution in [0.25, 0.3) is 0 Å². The molecule has 0 fully saturated rings. The van der Waals surface area contributed by atoms with Gasteiger partial charge in [0.25, 0.3) is 5.91 Å². The number of nitrogens with zero attached hydrogens (tertiary/aromatic N) is 4. The number of carbonyl (C=O) groups is 1. The number of hydrogen-bond acceptors (Lipinski definition) is 3. The average Bonchev–Trinajstić information content (AvgIpc) is 2.93. The lowest BCUT2D eigenvalue weighted by Gasteiger charge is -2.06. The number of rotatable bonds is 4. The number of alkyl halides is 2. The van der Waals surface area contributed by atoms with Crippen LogP contribution in [0.4, 0.5) is 8.78 Å². The van der Waals surface area contributed by atoms with E-state index in [0.717, 1.165) is 17.5 Å². The van der Waals surface area contributed by atoms with Crippen LogP contribution in [-0.2, 0) is 13.6 Å². The van der Waals surface area contributed by atoms with Crippen molar-refractivity contribution in [3.8, 4) is 0 Å². The number of amides is 1. The zero-order valence-electron chi connectivity index (χ0n) is 10.5. The summed E-state index contributed by atoms with van der Waals surface area (Å²) in [6.07, 6.45) is 2.93. The molecule has 0 saturated heterocycles. The van der Waals surface area contributed by atoms with Crippen LogP contribution >= 0.6 is 0 Å². The number of halogens is 2. The lowest BCUT2D eigenvalue weighted by Crippen LogP contribution is -2.26. The van der Waals surface area contributed by atoms with Crippen LogP contribution in [0.15, 0.2) is 18.5 Å². The highest BCUT2D eigenvalue weighted by atomic mass is 19.3. The molecule has 2 rings (SSSR count). The van der Waals surface area contributed by atoms with Gasteiger partial charge < -0.3 is 5.32 Å². The highest BCUT2D eigenvalue weighted by Crippen LogP contribution is 2.12. The molecule has 0 aliphatic rings. The second-order valence-electron chi connectivity index (χ2n) is 4.03. The predicted octanol–water partition coefficient (Wildman–Crippen LogP) is 1.25. The van der Waals surface area contributed by atoms with E-state index in [1.165, 1.54) is 6.07 Å². The zero-order chi connectivity index (χ0) is 14.0. The van der Waals surface area contributed by atoms with Crippen molar-refractivity contribution in [2.75, 3.05) is 0 Å². The molecule has 8 heteroatoms. The molecule has 0 aromatic carbocycles. The third kappa shape index (κ3) is 2.78. The maximum Gasteiger partial charge on any atom is 0.333 e. The zero-order valence-corrected chi connectivity index (χ0v) is 10.5. The van der Waals surface area contributed by atoms with Crippen molar-refractivity contribution >= 4 is 5.91 Å². The highest BCUT2D eigenvalue weighted by molar-refractivity contribution is 5.92. The van der Waals surface area contributed by atoms with E-state index in [4.69, 9.17) is 0 Å². The molecule has 1 amide bonds. The summed E-state index contributed by atoms with van der Waals surface area (Å²) < 4.78 is 27.1. The van der Waals surface area contributed by atoms with Gasteiger partial charge in [0, 0.05) is 31.5 Å². The summed E-state index contributed by atoms with van der Waals surface area (Å²) in [7, 11) is 1.77. The minimum Gasteiger partial charge on any atom is -0.347 e. The molecule has 2 aromatic heterocycles. The second-order valence-corrected chi connectivity index (χ2v) is 4.03.